The average molecular weight is 155 g/mol. The Morgan fingerprint density at radius 3 is 2.91 bits per heavy atom. The predicted molar refractivity (Wildman–Crippen MR) is 43.0 cm³/mol. The standard InChI is InChI=1S/C7H13N3O/c1-3-6(11-2)7-5(8)4-9-10-7/h4,6H,3,8H2,1-2H3,(H,9,10). The van der Waals surface area contributed by atoms with Gasteiger partial charge in [-0.1, -0.05) is 6.92 Å². The lowest BCUT2D eigenvalue weighted by molar-refractivity contribution is 0.0970. The van der Waals surface area contributed by atoms with Crippen molar-refractivity contribution in [2.24, 2.45) is 0 Å². The highest BCUT2D eigenvalue weighted by atomic mass is 16.5. The first kappa shape index (κ1) is 8.07. The molecule has 4 nitrogen and oxygen atoms in total. The van der Waals surface area contributed by atoms with Crippen LogP contribution >= 0.6 is 0 Å². The lowest BCUT2D eigenvalue weighted by atomic mass is 10.2. The number of H-pyrrole nitrogens is 1. The molecular formula is C7H13N3O. The molecule has 1 heterocycles. The van der Waals surface area contributed by atoms with Gasteiger partial charge in [0.25, 0.3) is 0 Å². The SMILES string of the molecule is CCC(OC)c1[nH]ncc1N. The first-order valence-corrected chi connectivity index (χ1v) is 3.61. The molecule has 1 unspecified atom stereocenters. The third kappa shape index (κ3) is 1.51. The molecule has 1 atom stereocenters. The third-order valence-electron chi connectivity index (χ3n) is 1.68. The molecule has 11 heavy (non-hydrogen) atoms. The van der Waals surface area contributed by atoms with Crippen LogP contribution in [0.2, 0.25) is 0 Å². The highest BCUT2D eigenvalue weighted by Crippen LogP contribution is 2.22. The van der Waals surface area contributed by atoms with E-state index in [1.54, 1.807) is 13.3 Å². The van der Waals surface area contributed by atoms with Crippen molar-refractivity contribution in [1.29, 1.82) is 0 Å². The van der Waals surface area contributed by atoms with Crippen LogP contribution in [0, 0.1) is 0 Å². The van der Waals surface area contributed by atoms with E-state index in [1.165, 1.54) is 0 Å². The van der Waals surface area contributed by atoms with Crippen molar-refractivity contribution >= 4 is 5.69 Å². The van der Waals surface area contributed by atoms with Gasteiger partial charge in [0.2, 0.25) is 0 Å². The molecule has 0 aromatic carbocycles. The second-order valence-corrected chi connectivity index (χ2v) is 2.37. The van der Waals surface area contributed by atoms with Crippen LogP contribution in [-0.4, -0.2) is 17.3 Å². The molecule has 0 aliphatic carbocycles. The van der Waals surface area contributed by atoms with Crippen LogP contribution in [-0.2, 0) is 4.74 Å². The molecule has 1 rings (SSSR count). The van der Waals surface area contributed by atoms with Crippen molar-refractivity contribution in [3.63, 3.8) is 0 Å². The summed E-state index contributed by atoms with van der Waals surface area (Å²) in [5.41, 5.74) is 7.15. The molecule has 62 valence electrons. The van der Waals surface area contributed by atoms with Crippen LogP contribution in [0.5, 0.6) is 0 Å². The van der Waals surface area contributed by atoms with E-state index in [4.69, 9.17) is 10.5 Å². The van der Waals surface area contributed by atoms with Crippen molar-refractivity contribution in [1.82, 2.24) is 10.2 Å². The van der Waals surface area contributed by atoms with Crippen LogP contribution in [0.15, 0.2) is 6.20 Å². The number of methoxy groups -OCH3 is 1. The molecule has 3 N–H and O–H groups in total. The number of anilines is 1. The summed E-state index contributed by atoms with van der Waals surface area (Å²) >= 11 is 0. The molecular weight excluding hydrogens is 142 g/mol. The van der Waals surface area contributed by atoms with Gasteiger partial charge in [0, 0.05) is 7.11 Å². The number of nitrogen functional groups attached to an aromatic ring is 1. The maximum Gasteiger partial charge on any atom is 0.100 e. The topological polar surface area (TPSA) is 63.9 Å². The normalized spacial score (nSPS) is 13.3. The molecule has 0 aliphatic heterocycles. The highest BCUT2D eigenvalue weighted by Gasteiger charge is 2.12. The molecule has 0 aliphatic rings. The van der Waals surface area contributed by atoms with Gasteiger partial charge in [0.05, 0.1) is 17.6 Å². The molecule has 0 bridgehead atoms. The van der Waals surface area contributed by atoms with Gasteiger partial charge in [-0.2, -0.15) is 5.10 Å². The van der Waals surface area contributed by atoms with Gasteiger partial charge in [0.15, 0.2) is 0 Å². The number of nitrogens with one attached hydrogen (secondary N) is 1. The van der Waals surface area contributed by atoms with Gasteiger partial charge in [-0.15, -0.1) is 0 Å². The first-order chi connectivity index (χ1) is 5.29. The van der Waals surface area contributed by atoms with Crippen LogP contribution < -0.4 is 5.73 Å². The summed E-state index contributed by atoms with van der Waals surface area (Å²) in [6.07, 6.45) is 2.53. The maximum absolute atomic E-state index is 5.62. The maximum atomic E-state index is 5.62. The Bertz CT molecular complexity index is 217. The summed E-state index contributed by atoms with van der Waals surface area (Å²) in [6, 6.07) is 0. The second-order valence-electron chi connectivity index (χ2n) is 2.37. The second kappa shape index (κ2) is 3.39. The lowest BCUT2D eigenvalue weighted by Gasteiger charge is -2.10. The van der Waals surface area contributed by atoms with Crippen LogP contribution in [0.1, 0.15) is 25.1 Å². The average Bonchev–Trinajstić information content (AvgIpc) is 2.40. The Balaban J connectivity index is 2.81. The number of rotatable bonds is 3. The zero-order valence-electron chi connectivity index (χ0n) is 6.79. The number of aromatic nitrogens is 2. The molecule has 1 aromatic rings. The highest BCUT2D eigenvalue weighted by molar-refractivity contribution is 5.41. The first-order valence-electron chi connectivity index (χ1n) is 3.61. The number of hydrogen-bond acceptors (Lipinski definition) is 3. The van der Waals surface area contributed by atoms with E-state index in [2.05, 4.69) is 10.2 Å². The van der Waals surface area contributed by atoms with Gasteiger partial charge in [-0.3, -0.25) is 5.10 Å². The molecule has 0 radical (unpaired) electrons. The van der Waals surface area contributed by atoms with Crippen molar-refractivity contribution < 1.29 is 4.74 Å². The van der Waals surface area contributed by atoms with Gasteiger partial charge < -0.3 is 10.5 Å². The summed E-state index contributed by atoms with van der Waals surface area (Å²) < 4.78 is 5.17. The fourth-order valence-corrected chi connectivity index (χ4v) is 1.05. The Labute approximate surface area is 65.7 Å². The molecule has 0 amide bonds. The fourth-order valence-electron chi connectivity index (χ4n) is 1.05. The minimum Gasteiger partial charge on any atom is -0.396 e. The minimum atomic E-state index is 0.0394. The Kier molecular flexibility index (Phi) is 2.48. The molecule has 1 aromatic heterocycles. The monoisotopic (exact) mass is 155 g/mol. The van der Waals surface area contributed by atoms with Crippen molar-refractivity contribution in [2.75, 3.05) is 12.8 Å². The van der Waals surface area contributed by atoms with Crippen LogP contribution in [0.3, 0.4) is 0 Å². The Hall–Kier alpha value is -1.03. The third-order valence-corrected chi connectivity index (χ3v) is 1.68. The van der Waals surface area contributed by atoms with Gasteiger partial charge in [0.1, 0.15) is 6.10 Å². The number of nitrogens with zero attached hydrogens (tertiary/aromatic N) is 1. The number of nitrogens with two attached hydrogens (primary N) is 1. The van der Waals surface area contributed by atoms with E-state index in [-0.39, 0.29) is 6.10 Å². The molecule has 4 heteroatoms. The van der Waals surface area contributed by atoms with Gasteiger partial charge in [-0.25, -0.2) is 0 Å². The number of hydrogen-bond donors (Lipinski definition) is 2. The van der Waals surface area contributed by atoms with Gasteiger partial charge in [-0.05, 0) is 6.42 Å². The Morgan fingerprint density at radius 2 is 2.55 bits per heavy atom. The van der Waals surface area contributed by atoms with Crippen LogP contribution in [0.4, 0.5) is 5.69 Å². The Morgan fingerprint density at radius 1 is 1.82 bits per heavy atom. The summed E-state index contributed by atoms with van der Waals surface area (Å²) in [5.74, 6) is 0. The quantitative estimate of drug-likeness (QED) is 0.686. The fraction of sp³-hybridized carbons (Fsp3) is 0.571. The summed E-state index contributed by atoms with van der Waals surface area (Å²) in [4.78, 5) is 0. The minimum absolute atomic E-state index is 0.0394. The zero-order chi connectivity index (χ0) is 8.27. The largest absolute Gasteiger partial charge is 0.396 e. The molecule has 0 saturated carbocycles. The van der Waals surface area contributed by atoms with Crippen molar-refractivity contribution in [3.8, 4) is 0 Å². The number of ether oxygens (including phenoxy) is 1. The van der Waals surface area contributed by atoms with Crippen molar-refractivity contribution in [3.05, 3.63) is 11.9 Å². The van der Waals surface area contributed by atoms with E-state index in [1.807, 2.05) is 6.92 Å². The number of aromatic amines is 1. The molecule has 0 fully saturated rings. The van der Waals surface area contributed by atoms with E-state index < -0.39 is 0 Å². The summed E-state index contributed by atoms with van der Waals surface area (Å²) in [6.45, 7) is 2.04. The summed E-state index contributed by atoms with van der Waals surface area (Å²) in [5, 5.41) is 6.62. The molecule has 0 saturated heterocycles. The smallest absolute Gasteiger partial charge is 0.100 e. The van der Waals surface area contributed by atoms with E-state index in [0.29, 0.717) is 5.69 Å². The van der Waals surface area contributed by atoms with E-state index in [9.17, 15) is 0 Å². The van der Waals surface area contributed by atoms with E-state index >= 15 is 0 Å². The van der Waals surface area contributed by atoms with Gasteiger partial charge >= 0.3 is 0 Å². The zero-order valence-corrected chi connectivity index (χ0v) is 6.79. The van der Waals surface area contributed by atoms with Crippen molar-refractivity contribution in [2.45, 2.75) is 19.4 Å². The summed E-state index contributed by atoms with van der Waals surface area (Å²) in [7, 11) is 1.66. The molecule has 0 spiro atoms. The van der Waals surface area contributed by atoms with Crippen LogP contribution in [0.25, 0.3) is 0 Å². The predicted octanol–water partition coefficient (Wildman–Crippen LogP) is 1.09. The van der Waals surface area contributed by atoms with E-state index in [0.717, 1.165) is 12.1 Å². The lowest BCUT2D eigenvalue weighted by Crippen LogP contribution is -2.03.